The highest BCUT2D eigenvalue weighted by atomic mass is 32.2. The first-order valence-electron chi connectivity index (χ1n) is 8.96. The summed E-state index contributed by atoms with van der Waals surface area (Å²) in [6.45, 7) is 3.10. The predicted molar refractivity (Wildman–Crippen MR) is 104 cm³/mol. The maximum absolute atomic E-state index is 12.5. The maximum Gasteiger partial charge on any atom is 0.308 e. The molecule has 0 atom stereocenters. The SMILES string of the molecule is COC(=O)C1CCN(C(=O)CSc2nc(C)cc(-c3ccccc3)n2)CC1. The van der Waals surface area contributed by atoms with Crippen molar-refractivity contribution in [1.82, 2.24) is 14.9 Å². The van der Waals surface area contributed by atoms with Crippen molar-refractivity contribution in [2.24, 2.45) is 5.92 Å². The quantitative estimate of drug-likeness (QED) is 0.448. The molecule has 2 aromatic rings. The molecular formula is C20H23N3O3S. The van der Waals surface area contributed by atoms with E-state index in [9.17, 15) is 9.59 Å². The number of ether oxygens (including phenoxy) is 1. The van der Waals surface area contributed by atoms with Gasteiger partial charge in [0.1, 0.15) is 0 Å². The van der Waals surface area contributed by atoms with E-state index in [4.69, 9.17) is 4.74 Å². The number of benzene rings is 1. The summed E-state index contributed by atoms with van der Waals surface area (Å²) in [5.41, 5.74) is 2.76. The lowest BCUT2D eigenvalue weighted by molar-refractivity contribution is -0.148. The number of carbonyl (C=O) groups is 2. The Kier molecular flexibility index (Phi) is 6.45. The monoisotopic (exact) mass is 385 g/mol. The normalized spacial score (nSPS) is 14.8. The van der Waals surface area contributed by atoms with E-state index in [0.717, 1.165) is 17.0 Å². The largest absolute Gasteiger partial charge is 0.469 e. The molecule has 7 heteroatoms. The van der Waals surface area contributed by atoms with Gasteiger partial charge in [0, 0.05) is 24.3 Å². The third kappa shape index (κ3) is 5.07. The van der Waals surface area contributed by atoms with Gasteiger partial charge in [-0.05, 0) is 25.8 Å². The second-order valence-electron chi connectivity index (χ2n) is 6.51. The first-order valence-corrected chi connectivity index (χ1v) is 9.95. The number of likely N-dealkylation sites (tertiary alicyclic amines) is 1. The van der Waals surface area contributed by atoms with E-state index in [0.29, 0.717) is 36.8 Å². The molecule has 0 aliphatic carbocycles. The Morgan fingerprint density at radius 2 is 1.89 bits per heavy atom. The Labute approximate surface area is 163 Å². The zero-order valence-electron chi connectivity index (χ0n) is 15.6. The smallest absolute Gasteiger partial charge is 0.308 e. The van der Waals surface area contributed by atoms with E-state index in [1.165, 1.54) is 18.9 Å². The van der Waals surface area contributed by atoms with Crippen LogP contribution in [0.5, 0.6) is 0 Å². The Hall–Kier alpha value is -2.41. The summed E-state index contributed by atoms with van der Waals surface area (Å²) >= 11 is 1.35. The van der Waals surface area contributed by atoms with E-state index < -0.39 is 0 Å². The van der Waals surface area contributed by atoms with E-state index in [1.807, 2.05) is 43.3 Å². The number of rotatable bonds is 5. The second-order valence-corrected chi connectivity index (χ2v) is 7.45. The summed E-state index contributed by atoms with van der Waals surface area (Å²) in [7, 11) is 1.40. The van der Waals surface area contributed by atoms with Crippen LogP contribution in [0, 0.1) is 12.8 Å². The molecule has 0 N–H and O–H groups in total. The van der Waals surface area contributed by atoms with Crippen molar-refractivity contribution in [3.8, 4) is 11.3 Å². The molecule has 3 rings (SSSR count). The minimum atomic E-state index is -0.182. The van der Waals surface area contributed by atoms with Crippen LogP contribution in [-0.4, -0.2) is 52.7 Å². The van der Waals surface area contributed by atoms with Gasteiger partial charge < -0.3 is 9.64 Å². The number of esters is 1. The highest BCUT2D eigenvalue weighted by Crippen LogP contribution is 2.23. The lowest BCUT2D eigenvalue weighted by Gasteiger charge is -2.30. The Morgan fingerprint density at radius 1 is 1.19 bits per heavy atom. The molecule has 1 saturated heterocycles. The average Bonchev–Trinajstić information content (AvgIpc) is 2.71. The molecule has 1 aromatic carbocycles. The second kappa shape index (κ2) is 8.99. The number of aryl methyl sites for hydroxylation is 1. The highest BCUT2D eigenvalue weighted by Gasteiger charge is 2.27. The molecular weight excluding hydrogens is 362 g/mol. The number of piperidine rings is 1. The van der Waals surface area contributed by atoms with Crippen LogP contribution < -0.4 is 0 Å². The van der Waals surface area contributed by atoms with E-state index >= 15 is 0 Å². The van der Waals surface area contributed by atoms with Crippen LogP contribution in [-0.2, 0) is 14.3 Å². The van der Waals surface area contributed by atoms with Crippen LogP contribution in [0.25, 0.3) is 11.3 Å². The highest BCUT2D eigenvalue weighted by molar-refractivity contribution is 7.99. The van der Waals surface area contributed by atoms with Crippen molar-refractivity contribution >= 4 is 23.6 Å². The number of amides is 1. The van der Waals surface area contributed by atoms with Gasteiger partial charge in [-0.1, -0.05) is 42.1 Å². The first kappa shape index (κ1) is 19.4. The van der Waals surface area contributed by atoms with Crippen LogP contribution in [0.2, 0.25) is 0 Å². The zero-order chi connectivity index (χ0) is 19.2. The molecule has 0 bridgehead atoms. The summed E-state index contributed by atoms with van der Waals surface area (Å²) < 4.78 is 4.79. The van der Waals surface area contributed by atoms with Crippen molar-refractivity contribution < 1.29 is 14.3 Å². The summed E-state index contributed by atoms with van der Waals surface area (Å²) in [6, 6.07) is 11.9. The van der Waals surface area contributed by atoms with Crippen molar-refractivity contribution in [2.75, 3.05) is 26.0 Å². The first-order chi connectivity index (χ1) is 13.1. The van der Waals surface area contributed by atoms with Crippen molar-refractivity contribution in [2.45, 2.75) is 24.9 Å². The molecule has 27 heavy (non-hydrogen) atoms. The molecule has 1 amide bonds. The van der Waals surface area contributed by atoms with Gasteiger partial charge in [0.25, 0.3) is 0 Å². The average molecular weight is 385 g/mol. The van der Waals surface area contributed by atoms with E-state index in [1.54, 1.807) is 4.90 Å². The van der Waals surface area contributed by atoms with E-state index in [-0.39, 0.29) is 17.8 Å². The topological polar surface area (TPSA) is 72.4 Å². The minimum absolute atomic E-state index is 0.0506. The molecule has 1 fully saturated rings. The van der Waals surface area contributed by atoms with Crippen LogP contribution in [0.3, 0.4) is 0 Å². The molecule has 1 aromatic heterocycles. The maximum atomic E-state index is 12.5. The summed E-state index contributed by atoms with van der Waals surface area (Å²) in [4.78, 5) is 34.9. The van der Waals surface area contributed by atoms with Gasteiger partial charge in [0.2, 0.25) is 5.91 Å². The lowest BCUT2D eigenvalue weighted by atomic mass is 9.97. The van der Waals surface area contributed by atoms with Crippen LogP contribution in [0.1, 0.15) is 18.5 Å². The number of carbonyl (C=O) groups excluding carboxylic acids is 2. The standard InChI is InChI=1S/C20H23N3O3S/c1-14-12-17(15-6-4-3-5-7-15)22-20(21-14)27-13-18(24)23-10-8-16(9-11-23)19(25)26-2/h3-7,12,16H,8-11,13H2,1-2H3. The molecule has 6 nitrogen and oxygen atoms in total. The van der Waals surface area contributed by atoms with Crippen molar-refractivity contribution in [1.29, 1.82) is 0 Å². The van der Waals surface area contributed by atoms with Gasteiger partial charge in [-0.15, -0.1) is 0 Å². The molecule has 0 unspecified atom stereocenters. The summed E-state index contributed by atoms with van der Waals surface area (Å²) in [5, 5.41) is 0.603. The fourth-order valence-corrected chi connectivity index (χ4v) is 3.92. The number of thioether (sulfide) groups is 1. The fourth-order valence-electron chi connectivity index (χ4n) is 3.11. The number of hydrogen-bond donors (Lipinski definition) is 0. The number of methoxy groups -OCH3 is 1. The Bertz CT molecular complexity index is 805. The van der Waals surface area contributed by atoms with Gasteiger partial charge in [0.05, 0.1) is 24.5 Å². The van der Waals surface area contributed by atoms with E-state index in [2.05, 4.69) is 9.97 Å². The van der Waals surface area contributed by atoms with Crippen LogP contribution in [0.4, 0.5) is 0 Å². The minimum Gasteiger partial charge on any atom is -0.469 e. The molecule has 1 aliphatic heterocycles. The van der Waals surface area contributed by atoms with Crippen molar-refractivity contribution in [3.63, 3.8) is 0 Å². The molecule has 0 saturated carbocycles. The number of hydrogen-bond acceptors (Lipinski definition) is 6. The van der Waals surface area contributed by atoms with Gasteiger partial charge >= 0.3 is 5.97 Å². The Morgan fingerprint density at radius 3 is 2.56 bits per heavy atom. The predicted octanol–water partition coefficient (Wildman–Crippen LogP) is 2.96. The third-order valence-corrected chi connectivity index (χ3v) is 5.44. The molecule has 0 radical (unpaired) electrons. The summed E-state index contributed by atoms with van der Waals surface area (Å²) in [6.07, 6.45) is 1.31. The molecule has 142 valence electrons. The number of nitrogens with zero attached hydrogens (tertiary/aromatic N) is 3. The lowest BCUT2D eigenvalue weighted by Crippen LogP contribution is -2.41. The van der Waals surface area contributed by atoms with Crippen molar-refractivity contribution in [3.05, 3.63) is 42.1 Å². The van der Waals surface area contributed by atoms with Gasteiger partial charge in [-0.2, -0.15) is 0 Å². The molecule has 1 aliphatic rings. The van der Waals surface area contributed by atoms with Crippen LogP contribution in [0.15, 0.2) is 41.6 Å². The Balaban J connectivity index is 1.58. The molecule has 0 spiro atoms. The summed E-state index contributed by atoms with van der Waals surface area (Å²) in [5.74, 6) is 0.0635. The van der Waals surface area contributed by atoms with Gasteiger partial charge in [-0.25, -0.2) is 9.97 Å². The number of aromatic nitrogens is 2. The fraction of sp³-hybridized carbons (Fsp3) is 0.400. The van der Waals surface area contributed by atoms with Gasteiger partial charge in [0.15, 0.2) is 5.16 Å². The molecule has 2 heterocycles. The van der Waals surface area contributed by atoms with Crippen LogP contribution >= 0.6 is 11.8 Å². The zero-order valence-corrected chi connectivity index (χ0v) is 16.4. The third-order valence-electron chi connectivity index (χ3n) is 4.61. The van der Waals surface area contributed by atoms with Gasteiger partial charge in [-0.3, -0.25) is 9.59 Å².